The Labute approximate surface area is 211 Å². The fourth-order valence-corrected chi connectivity index (χ4v) is 9.06. The first-order valence-corrected chi connectivity index (χ1v) is 13.1. The molecule has 3 atom stereocenters. The van der Waals surface area contributed by atoms with E-state index in [1.165, 1.54) is 31.4 Å². The van der Waals surface area contributed by atoms with E-state index >= 15 is 0 Å². The van der Waals surface area contributed by atoms with Crippen molar-refractivity contribution in [2.45, 2.75) is 56.5 Å². The minimum Gasteiger partial charge on any atom is -0.357 e. The zero-order valence-corrected chi connectivity index (χ0v) is 20.1. The van der Waals surface area contributed by atoms with Gasteiger partial charge in [0.2, 0.25) is 0 Å². The maximum Gasteiger partial charge on any atom is 0.177 e. The Morgan fingerprint density at radius 3 is 2.14 bits per heavy atom. The molecule has 180 valence electrons. The maximum atomic E-state index is 14.9. The zero-order chi connectivity index (χ0) is 24.7. The van der Waals surface area contributed by atoms with E-state index in [0.29, 0.717) is 23.3 Å². The lowest BCUT2D eigenvalue weighted by molar-refractivity contribution is -0.148. The van der Waals surface area contributed by atoms with Crippen molar-refractivity contribution in [3.05, 3.63) is 77.2 Å². The molecule has 5 fully saturated rings. The SMILES string of the molecule is N#CC1(C#N)C2c3ccccc3C=CN2[C@@H](C(=O)C23CC4CC(CC(C4)C2)C3)[C@@H]1c1ccc(F)cc1. The molecule has 6 aliphatic rings. The van der Waals surface area contributed by atoms with Crippen molar-refractivity contribution in [2.24, 2.45) is 28.6 Å². The molecule has 4 nitrogen and oxygen atoms in total. The molecule has 4 bridgehead atoms. The standard InChI is InChI=1S/C31H28FN3O/c32-24-7-5-23(6-8-24)26-27(29(36)30-14-19-11-20(15-30)13-21(12-19)16-30)35-10-9-22-3-1-2-4-25(22)28(35)31(26,17-33)18-34/h1-10,19-21,26-28H,11-16H2/t19?,20?,21?,26-,27+,28?,30?/m0/s1. The minimum atomic E-state index is -1.48. The van der Waals surface area contributed by atoms with Gasteiger partial charge in [0.25, 0.3) is 0 Å². The molecule has 1 saturated heterocycles. The van der Waals surface area contributed by atoms with Crippen LogP contribution in [0.4, 0.5) is 4.39 Å². The highest BCUT2D eigenvalue weighted by Crippen LogP contribution is 2.65. The van der Waals surface area contributed by atoms with Gasteiger partial charge in [0.15, 0.2) is 11.2 Å². The third-order valence-corrected chi connectivity index (χ3v) is 10.0. The van der Waals surface area contributed by atoms with Crippen molar-refractivity contribution in [1.29, 1.82) is 10.5 Å². The van der Waals surface area contributed by atoms with Crippen molar-refractivity contribution >= 4 is 11.9 Å². The van der Waals surface area contributed by atoms with Crippen molar-refractivity contribution in [1.82, 2.24) is 4.90 Å². The van der Waals surface area contributed by atoms with Crippen molar-refractivity contribution in [3.63, 3.8) is 0 Å². The second-order valence-corrected chi connectivity index (χ2v) is 11.9. The molecule has 0 spiro atoms. The van der Waals surface area contributed by atoms with Gasteiger partial charge in [-0.1, -0.05) is 36.4 Å². The fourth-order valence-electron chi connectivity index (χ4n) is 9.06. The van der Waals surface area contributed by atoms with Gasteiger partial charge in [0.05, 0.1) is 24.2 Å². The van der Waals surface area contributed by atoms with Crippen LogP contribution in [0.5, 0.6) is 0 Å². The molecular weight excluding hydrogens is 449 g/mol. The molecule has 0 amide bonds. The number of Topliss-reactive ketones (excluding diaryl/α,β-unsaturated/α-hetero) is 1. The maximum absolute atomic E-state index is 14.9. The molecule has 1 unspecified atom stereocenters. The van der Waals surface area contributed by atoms with Gasteiger partial charge < -0.3 is 4.90 Å². The van der Waals surface area contributed by atoms with Gasteiger partial charge in [0, 0.05) is 17.5 Å². The molecular formula is C31H28FN3O. The first-order valence-electron chi connectivity index (χ1n) is 13.1. The predicted molar refractivity (Wildman–Crippen MR) is 132 cm³/mol. The summed E-state index contributed by atoms with van der Waals surface area (Å²) >= 11 is 0. The Hall–Kier alpha value is -3.44. The van der Waals surface area contributed by atoms with Crippen LogP contribution < -0.4 is 0 Å². The average Bonchev–Trinajstić information content (AvgIpc) is 3.19. The number of ketones is 1. The third kappa shape index (κ3) is 2.81. The fraction of sp³-hybridized carbons (Fsp3) is 0.452. The lowest BCUT2D eigenvalue weighted by Gasteiger charge is -2.57. The number of carbonyl (C=O) groups is 1. The van der Waals surface area contributed by atoms with Crippen LogP contribution >= 0.6 is 0 Å². The smallest absolute Gasteiger partial charge is 0.177 e. The second kappa shape index (κ2) is 7.53. The van der Waals surface area contributed by atoms with Gasteiger partial charge in [0.1, 0.15) is 5.82 Å². The Bertz CT molecular complexity index is 1310. The molecule has 0 radical (unpaired) electrons. The van der Waals surface area contributed by atoms with E-state index in [4.69, 9.17) is 0 Å². The Kier molecular flexibility index (Phi) is 4.56. The zero-order valence-electron chi connectivity index (χ0n) is 20.1. The molecule has 4 aliphatic carbocycles. The average molecular weight is 478 g/mol. The topological polar surface area (TPSA) is 67.9 Å². The number of rotatable bonds is 3. The van der Waals surface area contributed by atoms with Gasteiger partial charge in [-0.05, 0) is 91.2 Å². The van der Waals surface area contributed by atoms with E-state index < -0.39 is 23.4 Å². The molecule has 8 rings (SSSR count). The van der Waals surface area contributed by atoms with Crippen LogP contribution in [0.15, 0.2) is 54.7 Å². The van der Waals surface area contributed by atoms with Crippen LogP contribution in [0.3, 0.4) is 0 Å². The summed E-state index contributed by atoms with van der Waals surface area (Å²) < 4.78 is 14.0. The molecule has 36 heavy (non-hydrogen) atoms. The number of hydrogen-bond donors (Lipinski definition) is 0. The van der Waals surface area contributed by atoms with Crippen LogP contribution in [-0.2, 0) is 4.79 Å². The number of carbonyl (C=O) groups excluding carboxylic acids is 1. The van der Waals surface area contributed by atoms with E-state index in [-0.39, 0.29) is 17.0 Å². The van der Waals surface area contributed by atoms with E-state index in [1.54, 1.807) is 12.1 Å². The van der Waals surface area contributed by atoms with E-state index in [2.05, 4.69) is 12.1 Å². The molecule has 0 N–H and O–H groups in total. The van der Waals surface area contributed by atoms with Crippen LogP contribution in [0.2, 0.25) is 0 Å². The van der Waals surface area contributed by atoms with Crippen molar-refractivity contribution in [3.8, 4) is 12.1 Å². The molecule has 4 saturated carbocycles. The summed E-state index contributed by atoms with van der Waals surface area (Å²) in [4.78, 5) is 16.9. The van der Waals surface area contributed by atoms with Gasteiger partial charge in [-0.15, -0.1) is 0 Å². The predicted octanol–water partition coefficient (Wildman–Crippen LogP) is 6.14. The highest BCUT2D eigenvalue weighted by molar-refractivity contribution is 5.92. The van der Waals surface area contributed by atoms with E-state index in [1.807, 2.05) is 41.4 Å². The van der Waals surface area contributed by atoms with Gasteiger partial charge in [-0.2, -0.15) is 10.5 Å². The molecule has 2 heterocycles. The summed E-state index contributed by atoms with van der Waals surface area (Å²) in [6.45, 7) is 0. The highest BCUT2D eigenvalue weighted by atomic mass is 19.1. The Balaban J connectivity index is 1.43. The lowest BCUT2D eigenvalue weighted by atomic mass is 9.47. The normalized spacial score (nSPS) is 36.6. The third-order valence-electron chi connectivity index (χ3n) is 10.0. The molecule has 2 aromatic rings. The summed E-state index contributed by atoms with van der Waals surface area (Å²) in [5, 5.41) is 21.4. The number of hydrogen-bond acceptors (Lipinski definition) is 4. The largest absolute Gasteiger partial charge is 0.357 e. The van der Waals surface area contributed by atoms with Crippen LogP contribution in [0.25, 0.3) is 6.08 Å². The number of nitrogens with zero attached hydrogens (tertiary/aromatic N) is 3. The van der Waals surface area contributed by atoms with Crippen molar-refractivity contribution < 1.29 is 9.18 Å². The van der Waals surface area contributed by atoms with Crippen LogP contribution in [0.1, 0.15) is 67.2 Å². The molecule has 2 aromatic carbocycles. The Morgan fingerprint density at radius 2 is 1.53 bits per heavy atom. The summed E-state index contributed by atoms with van der Waals surface area (Å²) in [6, 6.07) is 17.5. The number of halogens is 1. The van der Waals surface area contributed by atoms with Crippen LogP contribution in [0, 0.1) is 57.1 Å². The first kappa shape index (κ1) is 21.8. The number of fused-ring (bicyclic) bond motifs is 3. The lowest BCUT2D eigenvalue weighted by Crippen LogP contribution is -2.55. The highest BCUT2D eigenvalue weighted by Gasteiger charge is 2.67. The van der Waals surface area contributed by atoms with E-state index in [0.717, 1.165) is 30.4 Å². The summed E-state index contributed by atoms with van der Waals surface area (Å²) in [7, 11) is 0. The van der Waals surface area contributed by atoms with Gasteiger partial charge in [-0.25, -0.2) is 4.39 Å². The Morgan fingerprint density at radius 1 is 0.917 bits per heavy atom. The van der Waals surface area contributed by atoms with Gasteiger partial charge in [-0.3, -0.25) is 4.79 Å². The molecule has 5 heteroatoms. The molecule has 0 aromatic heterocycles. The minimum absolute atomic E-state index is 0.192. The monoisotopic (exact) mass is 477 g/mol. The quantitative estimate of drug-likeness (QED) is 0.533. The first-order chi connectivity index (χ1) is 17.5. The summed E-state index contributed by atoms with van der Waals surface area (Å²) in [5.41, 5.74) is 0.684. The number of nitriles is 2. The number of benzene rings is 2. The summed E-state index contributed by atoms with van der Waals surface area (Å²) in [6.07, 6.45) is 10.4. The summed E-state index contributed by atoms with van der Waals surface area (Å²) in [5.74, 6) is 0.970. The molecule has 2 aliphatic heterocycles. The second-order valence-electron chi connectivity index (χ2n) is 11.9. The van der Waals surface area contributed by atoms with E-state index in [9.17, 15) is 19.7 Å². The van der Waals surface area contributed by atoms with Crippen LogP contribution in [-0.4, -0.2) is 16.7 Å². The van der Waals surface area contributed by atoms with Crippen molar-refractivity contribution in [2.75, 3.05) is 0 Å². The van der Waals surface area contributed by atoms with Gasteiger partial charge >= 0.3 is 0 Å².